The summed E-state index contributed by atoms with van der Waals surface area (Å²) >= 11 is 5.08. The first-order valence-electron chi connectivity index (χ1n) is 6.07. The maximum Gasteiger partial charge on any atom is 0.225 e. The lowest BCUT2D eigenvalue weighted by Crippen LogP contribution is -2.44. The van der Waals surface area contributed by atoms with E-state index in [4.69, 9.17) is 4.74 Å². The van der Waals surface area contributed by atoms with Gasteiger partial charge in [0.15, 0.2) is 0 Å². The van der Waals surface area contributed by atoms with E-state index in [1.54, 1.807) is 23.3 Å². The molecule has 1 saturated carbocycles. The molecule has 1 heterocycles. The largest absolute Gasteiger partial charge is 0.378 e. The first-order chi connectivity index (χ1) is 8.54. The van der Waals surface area contributed by atoms with Gasteiger partial charge in [-0.15, -0.1) is 11.3 Å². The van der Waals surface area contributed by atoms with Crippen LogP contribution in [-0.2, 0) is 16.1 Å². The molecule has 0 spiro atoms. The summed E-state index contributed by atoms with van der Waals surface area (Å²) in [7, 11) is 3.57. The van der Waals surface area contributed by atoms with Gasteiger partial charge < -0.3 is 9.64 Å². The summed E-state index contributed by atoms with van der Waals surface area (Å²) in [5, 5.41) is 2.07. The summed E-state index contributed by atoms with van der Waals surface area (Å²) < 4.78 is 6.60. The number of ether oxygens (including phenoxy) is 1. The normalized spacial score (nSPS) is 17.3. The van der Waals surface area contributed by atoms with E-state index >= 15 is 0 Å². The van der Waals surface area contributed by atoms with E-state index in [0.717, 1.165) is 16.6 Å². The molecule has 1 amide bonds. The monoisotopic (exact) mass is 331 g/mol. The summed E-state index contributed by atoms with van der Waals surface area (Å²) in [4.78, 5) is 13.9. The fourth-order valence-corrected chi connectivity index (χ4v) is 3.43. The number of halogens is 1. The zero-order valence-electron chi connectivity index (χ0n) is 10.7. The van der Waals surface area contributed by atoms with Gasteiger partial charge in [0.05, 0.1) is 15.8 Å². The first-order valence-corrected chi connectivity index (χ1v) is 7.74. The molecule has 1 aromatic heterocycles. The Bertz CT molecular complexity index is 423. The Morgan fingerprint density at radius 2 is 2.33 bits per heavy atom. The molecule has 5 heteroatoms. The minimum absolute atomic E-state index is 0.166. The van der Waals surface area contributed by atoms with E-state index in [2.05, 4.69) is 27.4 Å². The quantitative estimate of drug-likeness (QED) is 0.827. The highest BCUT2D eigenvalue weighted by Gasteiger charge is 2.39. The lowest BCUT2D eigenvalue weighted by atomic mass is 9.77. The Balaban J connectivity index is 1.88. The molecular formula is C13H18BrNO2S. The van der Waals surface area contributed by atoms with Crippen LogP contribution in [0.5, 0.6) is 0 Å². The minimum atomic E-state index is -0.180. The van der Waals surface area contributed by atoms with Crippen LogP contribution in [0.3, 0.4) is 0 Å². The number of carbonyl (C=O) groups excluding carboxylic acids is 1. The van der Waals surface area contributed by atoms with Gasteiger partial charge in [-0.3, -0.25) is 4.79 Å². The number of hydrogen-bond donors (Lipinski definition) is 0. The number of thiophene rings is 1. The topological polar surface area (TPSA) is 29.5 Å². The number of hydrogen-bond acceptors (Lipinski definition) is 3. The lowest BCUT2D eigenvalue weighted by molar-refractivity contribution is -0.143. The van der Waals surface area contributed by atoms with E-state index in [-0.39, 0.29) is 11.5 Å². The number of carbonyl (C=O) groups is 1. The molecule has 100 valence electrons. The van der Waals surface area contributed by atoms with Gasteiger partial charge in [0.25, 0.3) is 0 Å². The third-order valence-corrected chi connectivity index (χ3v) is 5.19. The van der Waals surface area contributed by atoms with Gasteiger partial charge in [0.1, 0.15) is 0 Å². The van der Waals surface area contributed by atoms with Crippen molar-refractivity contribution in [2.24, 2.45) is 0 Å². The standard InChI is InChI=1S/C13H18BrNO2S/c1-15(8-10-6-11(14)18-9-10)12(16)7-13(17-2)4-3-5-13/h6,9H,3-5,7-8H2,1-2H3. The lowest BCUT2D eigenvalue weighted by Gasteiger charge is -2.40. The van der Waals surface area contributed by atoms with Crippen molar-refractivity contribution in [3.8, 4) is 0 Å². The average molecular weight is 332 g/mol. The molecule has 0 radical (unpaired) electrons. The van der Waals surface area contributed by atoms with Gasteiger partial charge in [-0.25, -0.2) is 0 Å². The summed E-state index contributed by atoms with van der Waals surface area (Å²) in [6, 6.07) is 2.06. The minimum Gasteiger partial charge on any atom is -0.378 e. The fourth-order valence-electron chi connectivity index (χ4n) is 2.23. The third-order valence-electron chi connectivity index (χ3n) is 3.64. The molecule has 1 aromatic rings. The van der Waals surface area contributed by atoms with Crippen molar-refractivity contribution >= 4 is 33.2 Å². The van der Waals surface area contributed by atoms with Crippen molar-refractivity contribution in [3.63, 3.8) is 0 Å². The fraction of sp³-hybridized carbons (Fsp3) is 0.615. The summed E-state index contributed by atoms with van der Waals surface area (Å²) in [6.45, 7) is 0.667. The van der Waals surface area contributed by atoms with Gasteiger partial charge in [-0.1, -0.05) is 0 Å². The molecule has 3 nitrogen and oxygen atoms in total. The maximum atomic E-state index is 12.2. The Kier molecular flexibility index (Phi) is 4.45. The van der Waals surface area contributed by atoms with Crippen LogP contribution in [0.2, 0.25) is 0 Å². The average Bonchev–Trinajstić information content (AvgIpc) is 2.69. The van der Waals surface area contributed by atoms with Gasteiger partial charge >= 0.3 is 0 Å². The summed E-state index contributed by atoms with van der Waals surface area (Å²) in [5.41, 5.74) is 0.989. The molecule has 0 atom stereocenters. The van der Waals surface area contributed by atoms with E-state index in [1.807, 2.05) is 7.05 Å². The van der Waals surface area contributed by atoms with E-state index in [1.165, 1.54) is 12.0 Å². The Morgan fingerprint density at radius 1 is 1.61 bits per heavy atom. The van der Waals surface area contributed by atoms with Crippen LogP contribution in [0.15, 0.2) is 15.2 Å². The van der Waals surface area contributed by atoms with Crippen LogP contribution >= 0.6 is 27.3 Å². The van der Waals surface area contributed by atoms with Crippen LogP contribution in [0.25, 0.3) is 0 Å². The molecule has 18 heavy (non-hydrogen) atoms. The molecule has 1 aliphatic carbocycles. The van der Waals surface area contributed by atoms with Gasteiger partial charge in [0.2, 0.25) is 5.91 Å². The molecular weight excluding hydrogens is 314 g/mol. The molecule has 0 saturated heterocycles. The highest BCUT2D eigenvalue weighted by atomic mass is 79.9. The Morgan fingerprint density at radius 3 is 2.78 bits per heavy atom. The summed E-state index contributed by atoms with van der Waals surface area (Å²) in [6.07, 6.45) is 3.69. The third kappa shape index (κ3) is 3.13. The number of methoxy groups -OCH3 is 1. The van der Waals surface area contributed by atoms with Gasteiger partial charge in [0, 0.05) is 20.7 Å². The van der Waals surface area contributed by atoms with Crippen LogP contribution in [0.4, 0.5) is 0 Å². The molecule has 0 bridgehead atoms. The zero-order chi connectivity index (χ0) is 13.2. The van der Waals surface area contributed by atoms with E-state index in [0.29, 0.717) is 13.0 Å². The van der Waals surface area contributed by atoms with Crippen LogP contribution in [-0.4, -0.2) is 30.6 Å². The molecule has 1 fully saturated rings. The number of nitrogens with zero attached hydrogens (tertiary/aromatic N) is 1. The first kappa shape index (κ1) is 14.0. The second-order valence-corrected chi connectivity index (χ2v) is 7.22. The van der Waals surface area contributed by atoms with Crippen LogP contribution in [0, 0.1) is 0 Å². The molecule has 2 rings (SSSR count). The van der Waals surface area contributed by atoms with Crippen molar-refractivity contribution in [1.82, 2.24) is 4.90 Å². The van der Waals surface area contributed by atoms with Gasteiger partial charge in [-0.2, -0.15) is 0 Å². The van der Waals surface area contributed by atoms with Crippen molar-refractivity contribution < 1.29 is 9.53 Å². The summed E-state index contributed by atoms with van der Waals surface area (Å²) in [5.74, 6) is 0.166. The highest BCUT2D eigenvalue weighted by Crippen LogP contribution is 2.38. The highest BCUT2D eigenvalue weighted by molar-refractivity contribution is 9.11. The predicted molar refractivity (Wildman–Crippen MR) is 76.7 cm³/mol. The smallest absolute Gasteiger partial charge is 0.225 e. The predicted octanol–water partition coefficient (Wildman–Crippen LogP) is 3.43. The van der Waals surface area contributed by atoms with Gasteiger partial charge in [-0.05, 0) is 52.2 Å². The van der Waals surface area contributed by atoms with Crippen LogP contribution < -0.4 is 0 Å². The molecule has 0 aromatic carbocycles. The second-order valence-electron chi connectivity index (χ2n) is 4.93. The Labute approximate surface area is 120 Å². The molecule has 0 N–H and O–H groups in total. The maximum absolute atomic E-state index is 12.2. The molecule has 1 aliphatic rings. The van der Waals surface area contributed by atoms with Crippen molar-refractivity contribution in [2.75, 3.05) is 14.2 Å². The van der Waals surface area contributed by atoms with Crippen molar-refractivity contribution in [1.29, 1.82) is 0 Å². The van der Waals surface area contributed by atoms with Crippen molar-refractivity contribution in [2.45, 2.75) is 37.8 Å². The number of rotatable bonds is 5. The van der Waals surface area contributed by atoms with E-state index in [9.17, 15) is 4.79 Å². The molecule has 0 aliphatic heterocycles. The zero-order valence-corrected chi connectivity index (χ0v) is 13.1. The van der Waals surface area contributed by atoms with Crippen molar-refractivity contribution in [3.05, 3.63) is 20.8 Å². The second kappa shape index (κ2) is 5.72. The Hall–Kier alpha value is -0.390. The van der Waals surface area contributed by atoms with E-state index < -0.39 is 0 Å². The van der Waals surface area contributed by atoms with Crippen LogP contribution in [0.1, 0.15) is 31.2 Å². The number of amides is 1. The SMILES string of the molecule is COC1(CC(=O)N(C)Cc2csc(Br)c2)CCC1. The molecule has 0 unspecified atom stereocenters.